The van der Waals surface area contributed by atoms with Gasteiger partial charge in [-0.25, -0.2) is 0 Å². The molecule has 0 aromatic rings. The lowest BCUT2D eigenvalue weighted by atomic mass is 10.1. The van der Waals surface area contributed by atoms with Gasteiger partial charge in [0.1, 0.15) is 0 Å². The molecule has 0 aromatic carbocycles. The zero-order valence-electron chi connectivity index (χ0n) is 7.19. The van der Waals surface area contributed by atoms with Crippen molar-refractivity contribution in [2.24, 2.45) is 0 Å². The lowest BCUT2D eigenvalue weighted by Gasteiger charge is -2.28. The lowest BCUT2D eigenvalue weighted by molar-refractivity contribution is -0.192. The van der Waals surface area contributed by atoms with E-state index < -0.39 is 31.3 Å². The molecule has 1 unspecified atom stereocenters. The summed E-state index contributed by atoms with van der Waals surface area (Å²) in [5.41, 5.74) is 0. The highest BCUT2D eigenvalue weighted by Crippen LogP contribution is 2.16. The molecular formula is C6H12O3. The van der Waals surface area contributed by atoms with Crippen LogP contribution < -0.4 is 0 Å². The Kier molecular flexibility index (Phi) is 1.37. The van der Waals surface area contributed by atoms with Gasteiger partial charge in [-0.05, 0) is 13.3 Å². The molecule has 0 spiro atoms. The molecule has 1 heterocycles. The number of aliphatic hydroxyl groups is 2. The summed E-state index contributed by atoms with van der Waals surface area (Å²) in [6.07, 6.45) is -4.82. The third kappa shape index (κ3) is 1.64. The van der Waals surface area contributed by atoms with E-state index in [4.69, 9.17) is 12.6 Å². The number of hydrogen-bond acceptors (Lipinski definition) is 3. The number of ether oxygens (including phenoxy) is 1. The third-order valence-corrected chi connectivity index (χ3v) is 1.31. The van der Waals surface area contributed by atoms with E-state index in [1.807, 2.05) is 0 Å². The molecule has 1 fully saturated rings. The Labute approximate surface area is 57.1 Å². The van der Waals surface area contributed by atoms with Crippen LogP contribution in [0.2, 0.25) is 0 Å². The van der Waals surface area contributed by atoms with E-state index in [0.717, 1.165) is 0 Å². The molecule has 0 aromatic heterocycles. The molecule has 0 bridgehead atoms. The maximum atomic E-state index is 9.19. The second-order valence-corrected chi connectivity index (χ2v) is 2.11. The molecular weight excluding hydrogens is 120 g/mol. The molecule has 9 heavy (non-hydrogen) atoms. The number of hydrogen-bond donors (Lipinski definition) is 2. The van der Waals surface area contributed by atoms with Gasteiger partial charge >= 0.3 is 0 Å². The minimum Gasteiger partial charge on any atom is -0.390 e. The molecule has 1 aliphatic rings. The summed E-state index contributed by atoms with van der Waals surface area (Å²) in [6.45, 7) is 1.57. The highest BCUT2D eigenvalue weighted by molar-refractivity contribution is 4.69. The van der Waals surface area contributed by atoms with Crippen LogP contribution in [-0.2, 0) is 4.74 Å². The largest absolute Gasteiger partial charge is 0.390 e. The van der Waals surface area contributed by atoms with Gasteiger partial charge in [-0.2, -0.15) is 0 Å². The summed E-state index contributed by atoms with van der Waals surface area (Å²) in [4.78, 5) is 0. The van der Waals surface area contributed by atoms with Crippen LogP contribution in [0.4, 0.5) is 0 Å². The number of rotatable bonds is 0. The minimum absolute atomic E-state index is 0.561. The smallest absolute Gasteiger partial charge is 0.155 e. The van der Waals surface area contributed by atoms with Crippen LogP contribution in [0.1, 0.15) is 22.5 Å². The second-order valence-electron chi connectivity index (χ2n) is 2.11. The van der Waals surface area contributed by atoms with E-state index in [0.29, 0.717) is 0 Å². The van der Waals surface area contributed by atoms with Crippen LogP contribution in [0.3, 0.4) is 0 Å². The molecule has 0 aliphatic carbocycles. The molecule has 0 radical (unpaired) electrons. The molecule has 2 N–H and O–H groups in total. The lowest BCUT2D eigenvalue weighted by Crippen LogP contribution is -2.36. The van der Waals surface area contributed by atoms with Crippen molar-refractivity contribution in [1.82, 2.24) is 0 Å². The summed E-state index contributed by atoms with van der Waals surface area (Å²) in [5, 5.41) is 18.2. The summed E-state index contributed by atoms with van der Waals surface area (Å²) in [7, 11) is 0. The fourth-order valence-electron chi connectivity index (χ4n) is 0.711. The third-order valence-electron chi connectivity index (χ3n) is 1.31. The van der Waals surface area contributed by atoms with Crippen molar-refractivity contribution in [3.8, 4) is 0 Å². The molecule has 0 saturated carbocycles. The van der Waals surface area contributed by atoms with Gasteiger partial charge < -0.3 is 14.9 Å². The van der Waals surface area contributed by atoms with Gasteiger partial charge in [0.2, 0.25) is 0 Å². The van der Waals surface area contributed by atoms with Gasteiger partial charge in [-0.3, -0.25) is 0 Å². The quantitative estimate of drug-likeness (QED) is 0.485. The summed E-state index contributed by atoms with van der Waals surface area (Å²) in [5.74, 6) is 0. The minimum atomic E-state index is -1.24. The Morgan fingerprint density at radius 3 is 2.89 bits per heavy atom. The van der Waals surface area contributed by atoms with Crippen molar-refractivity contribution in [2.45, 2.75) is 38.2 Å². The molecule has 1 saturated heterocycles. The van der Waals surface area contributed by atoms with Crippen molar-refractivity contribution < 1.29 is 17.7 Å². The van der Waals surface area contributed by atoms with E-state index in [2.05, 4.69) is 0 Å². The van der Waals surface area contributed by atoms with Crippen molar-refractivity contribution in [3.05, 3.63) is 0 Å². The molecule has 0 amide bonds. The SMILES string of the molecule is [2H][C@H]1[C@H](O)[C@H](C)OC(O)[C@H]1[2H]. The van der Waals surface area contributed by atoms with Crippen molar-refractivity contribution in [2.75, 3.05) is 0 Å². The van der Waals surface area contributed by atoms with Gasteiger partial charge in [-0.15, -0.1) is 0 Å². The average molecular weight is 134 g/mol. The van der Waals surface area contributed by atoms with E-state index in [1.54, 1.807) is 6.92 Å². The van der Waals surface area contributed by atoms with Gasteiger partial charge in [-0.1, -0.05) is 0 Å². The van der Waals surface area contributed by atoms with Gasteiger partial charge in [0.05, 0.1) is 12.2 Å². The first-order valence-electron chi connectivity index (χ1n) is 4.05. The Morgan fingerprint density at radius 1 is 1.56 bits per heavy atom. The molecule has 54 valence electrons. The van der Waals surface area contributed by atoms with Gasteiger partial charge in [0, 0.05) is 9.14 Å². The fourth-order valence-corrected chi connectivity index (χ4v) is 0.711. The first kappa shape index (κ1) is 4.66. The monoisotopic (exact) mass is 134 g/mol. The van der Waals surface area contributed by atoms with Crippen LogP contribution in [0.5, 0.6) is 0 Å². The zero-order chi connectivity index (χ0) is 8.59. The Morgan fingerprint density at radius 2 is 2.22 bits per heavy atom. The normalized spacial score (nSPS) is 64.6. The first-order valence-corrected chi connectivity index (χ1v) is 2.90. The van der Waals surface area contributed by atoms with Crippen LogP contribution >= 0.6 is 0 Å². The summed E-state index contributed by atoms with van der Waals surface area (Å²) in [6, 6.07) is 0. The fraction of sp³-hybridized carbons (Fsp3) is 1.00. The maximum Gasteiger partial charge on any atom is 0.155 e. The van der Waals surface area contributed by atoms with Gasteiger partial charge in [0.15, 0.2) is 6.29 Å². The van der Waals surface area contributed by atoms with Crippen molar-refractivity contribution in [3.63, 3.8) is 0 Å². The predicted octanol–water partition coefficient (Wildman–Crippen LogP) is -0.135. The standard InChI is InChI=1S/C6H12O3/c1-4-5(7)2-3-6(8)9-4/h4-8H,2-3H2,1H3/t4-,5-,6?/m0/s1/i2D,3D/t2-,3+,4+,5+,6?/m1. The first-order chi connectivity index (χ1) is 5.04. The van der Waals surface area contributed by atoms with E-state index in [9.17, 15) is 5.11 Å². The van der Waals surface area contributed by atoms with Crippen LogP contribution in [0, 0.1) is 0 Å². The Hall–Kier alpha value is -0.120. The molecule has 3 nitrogen and oxygen atoms in total. The predicted molar refractivity (Wildman–Crippen MR) is 31.8 cm³/mol. The van der Waals surface area contributed by atoms with Crippen LogP contribution in [0.25, 0.3) is 0 Å². The Bertz CT molecular complexity index is 130. The van der Waals surface area contributed by atoms with Crippen LogP contribution in [0.15, 0.2) is 0 Å². The number of aliphatic hydroxyl groups excluding tert-OH is 2. The highest BCUT2D eigenvalue weighted by Gasteiger charge is 2.24. The summed E-state index contributed by atoms with van der Waals surface area (Å²) < 4.78 is 19.2. The highest BCUT2D eigenvalue weighted by atomic mass is 16.6. The van der Waals surface area contributed by atoms with E-state index >= 15 is 0 Å². The van der Waals surface area contributed by atoms with E-state index in [-0.39, 0.29) is 0 Å². The zero-order valence-corrected chi connectivity index (χ0v) is 5.19. The second kappa shape index (κ2) is 2.64. The molecule has 1 rings (SSSR count). The Balaban J connectivity index is 2.63. The van der Waals surface area contributed by atoms with E-state index in [1.165, 1.54) is 0 Å². The molecule has 1 aliphatic heterocycles. The summed E-state index contributed by atoms with van der Waals surface area (Å²) >= 11 is 0. The van der Waals surface area contributed by atoms with Crippen molar-refractivity contribution >= 4 is 0 Å². The van der Waals surface area contributed by atoms with Crippen LogP contribution in [-0.4, -0.2) is 28.7 Å². The van der Waals surface area contributed by atoms with Gasteiger partial charge in [0.25, 0.3) is 0 Å². The average Bonchev–Trinajstić information content (AvgIpc) is 1.97. The maximum absolute atomic E-state index is 9.19. The molecule has 5 atom stereocenters. The topological polar surface area (TPSA) is 49.7 Å². The van der Waals surface area contributed by atoms with Crippen molar-refractivity contribution in [1.29, 1.82) is 0 Å². The molecule has 3 heteroatoms.